The van der Waals surface area contributed by atoms with Crippen molar-refractivity contribution < 1.29 is 4.74 Å². The molecule has 13 heavy (non-hydrogen) atoms. The van der Waals surface area contributed by atoms with E-state index in [9.17, 15) is 0 Å². The van der Waals surface area contributed by atoms with Crippen molar-refractivity contribution in [3.05, 3.63) is 28.8 Å². The average molecular weight is 196 g/mol. The number of benzene rings is 1. The predicted molar refractivity (Wildman–Crippen MR) is 60.0 cm³/mol. The number of rotatable bonds is 3. The Morgan fingerprint density at radius 1 is 1.15 bits per heavy atom. The van der Waals surface area contributed by atoms with Crippen LogP contribution >= 0.6 is 12.6 Å². The normalized spacial score (nSPS) is 10.2. The maximum Gasteiger partial charge on any atom is 0.125 e. The molecule has 0 aliphatic carbocycles. The maximum atomic E-state index is 5.62. The number of thiol groups is 1. The average Bonchev–Trinajstić information content (AvgIpc) is 2.12. The van der Waals surface area contributed by atoms with Gasteiger partial charge in [0, 0.05) is 5.75 Å². The van der Waals surface area contributed by atoms with Crippen molar-refractivity contribution in [3.63, 3.8) is 0 Å². The van der Waals surface area contributed by atoms with E-state index < -0.39 is 0 Å². The topological polar surface area (TPSA) is 9.23 Å². The van der Waals surface area contributed by atoms with Gasteiger partial charge in [-0.3, -0.25) is 0 Å². The van der Waals surface area contributed by atoms with Gasteiger partial charge in [0.1, 0.15) is 5.75 Å². The van der Waals surface area contributed by atoms with E-state index in [1.54, 1.807) is 0 Å². The van der Waals surface area contributed by atoms with Crippen LogP contribution in [0.5, 0.6) is 5.75 Å². The zero-order valence-corrected chi connectivity index (χ0v) is 9.32. The molecule has 1 rings (SSSR count). The quantitative estimate of drug-likeness (QED) is 0.731. The Morgan fingerprint density at radius 3 is 2.38 bits per heavy atom. The second kappa shape index (κ2) is 4.56. The lowest BCUT2D eigenvalue weighted by molar-refractivity contribution is 0.339. The zero-order chi connectivity index (χ0) is 9.84. The van der Waals surface area contributed by atoms with Crippen LogP contribution in [0.1, 0.15) is 16.7 Å². The van der Waals surface area contributed by atoms with Gasteiger partial charge in [0.05, 0.1) is 6.61 Å². The molecule has 0 saturated heterocycles. The van der Waals surface area contributed by atoms with E-state index in [0.29, 0.717) is 6.61 Å². The molecular weight excluding hydrogens is 180 g/mol. The Balaban J connectivity index is 2.96. The van der Waals surface area contributed by atoms with Crippen LogP contribution in [0.15, 0.2) is 12.1 Å². The van der Waals surface area contributed by atoms with Crippen LogP contribution in [0.3, 0.4) is 0 Å². The molecule has 72 valence electrons. The van der Waals surface area contributed by atoms with Crippen molar-refractivity contribution in [2.75, 3.05) is 12.4 Å². The Hall–Kier alpha value is -0.630. The van der Waals surface area contributed by atoms with Gasteiger partial charge in [0.25, 0.3) is 0 Å². The second-order valence-electron chi connectivity index (χ2n) is 3.23. The Morgan fingerprint density at radius 2 is 1.77 bits per heavy atom. The molecule has 0 bridgehead atoms. The highest BCUT2D eigenvalue weighted by atomic mass is 32.1. The summed E-state index contributed by atoms with van der Waals surface area (Å²) in [6.07, 6.45) is 0. The molecule has 0 spiro atoms. The van der Waals surface area contributed by atoms with Gasteiger partial charge in [0.15, 0.2) is 0 Å². The molecule has 0 fully saturated rings. The molecule has 1 aromatic carbocycles. The van der Waals surface area contributed by atoms with Gasteiger partial charge in [0.2, 0.25) is 0 Å². The van der Waals surface area contributed by atoms with E-state index in [-0.39, 0.29) is 0 Å². The van der Waals surface area contributed by atoms with Crippen molar-refractivity contribution >= 4 is 12.6 Å². The highest BCUT2D eigenvalue weighted by Gasteiger charge is 2.05. The number of hydrogen-bond acceptors (Lipinski definition) is 2. The van der Waals surface area contributed by atoms with Crippen LogP contribution in [-0.2, 0) is 0 Å². The highest BCUT2D eigenvalue weighted by Crippen LogP contribution is 2.25. The van der Waals surface area contributed by atoms with E-state index >= 15 is 0 Å². The lowest BCUT2D eigenvalue weighted by atomic mass is 10.1. The summed E-state index contributed by atoms with van der Waals surface area (Å²) in [6.45, 7) is 6.94. The molecule has 0 amide bonds. The molecule has 0 unspecified atom stereocenters. The van der Waals surface area contributed by atoms with Crippen LogP contribution < -0.4 is 4.74 Å². The fraction of sp³-hybridized carbons (Fsp3) is 0.455. The van der Waals surface area contributed by atoms with Gasteiger partial charge in [-0.1, -0.05) is 12.1 Å². The molecule has 0 saturated carbocycles. The van der Waals surface area contributed by atoms with Gasteiger partial charge in [-0.25, -0.2) is 0 Å². The maximum absolute atomic E-state index is 5.62. The van der Waals surface area contributed by atoms with Crippen LogP contribution in [0.2, 0.25) is 0 Å². The van der Waals surface area contributed by atoms with Crippen LogP contribution in [0, 0.1) is 20.8 Å². The first-order chi connectivity index (χ1) is 6.16. The first kappa shape index (κ1) is 10.5. The minimum absolute atomic E-state index is 0.675. The van der Waals surface area contributed by atoms with Crippen LogP contribution in [-0.4, -0.2) is 12.4 Å². The third kappa shape index (κ3) is 2.41. The van der Waals surface area contributed by atoms with E-state index in [1.165, 1.54) is 16.7 Å². The largest absolute Gasteiger partial charge is 0.492 e. The molecule has 0 radical (unpaired) electrons. The molecule has 0 N–H and O–H groups in total. The van der Waals surface area contributed by atoms with Crippen molar-refractivity contribution in [1.29, 1.82) is 0 Å². The molecule has 1 nitrogen and oxygen atoms in total. The van der Waals surface area contributed by atoms with E-state index in [0.717, 1.165) is 11.5 Å². The monoisotopic (exact) mass is 196 g/mol. The summed E-state index contributed by atoms with van der Waals surface area (Å²) in [7, 11) is 0. The van der Waals surface area contributed by atoms with Gasteiger partial charge in [-0.15, -0.1) is 0 Å². The van der Waals surface area contributed by atoms with Crippen molar-refractivity contribution in [1.82, 2.24) is 0 Å². The van der Waals surface area contributed by atoms with Crippen molar-refractivity contribution in [3.8, 4) is 5.75 Å². The minimum atomic E-state index is 0.675. The third-order valence-electron chi connectivity index (χ3n) is 2.21. The molecule has 2 heteroatoms. The van der Waals surface area contributed by atoms with Gasteiger partial charge >= 0.3 is 0 Å². The molecule has 0 atom stereocenters. The first-order valence-electron chi connectivity index (χ1n) is 4.47. The summed E-state index contributed by atoms with van der Waals surface area (Å²) in [4.78, 5) is 0. The number of ether oxygens (including phenoxy) is 1. The lowest BCUT2D eigenvalue weighted by Crippen LogP contribution is -2.02. The molecule has 1 aromatic rings. The smallest absolute Gasteiger partial charge is 0.125 e. The third-order valence-corrected chi connectivity index (χ3v) is 2.39. The van der Waals surface area contributed by atoms with Gasteiger partial charge in [-0.05, 0) is 37.5 Å². The Kier molecular flexibility index (Phi) is 3.67. The lowest BCUT2D eigenvalue weighted by Gasteiger charge is -2.12. The number of hydrogen-bond donors (Lipinski definition) is 1. The SMILES string of the molecule is Cc1ccc(C)c(OCCS)c1C. The summed E-state index contributed by atoms with van der Waals surface area (Å²) >= 11 is 4.12. The summed E-state index contributed by atoms with van der Waals surface area (Å²) < 4.78 is 5.62. The van der Waals surface area contributed by atoms with E-state index in [2.05, 4.69) is 45.5 Å². The summed E-state index contributed by atoms with van der Waals surface area (Å²) in [5.41, 5.74) is 3.71. The van der Waals surface area contributed by atoms with Crippen LogP contribution in [0.25, 0.3) is 0 Å². The number of aryl methyl sites for hydroxylation is 2. The first-order valence-corrected chi connectivity index (χ1v) is 5.10. The minimum Gasteiger partial charge on any atom is -0.492 e. The zero-order valence-electron chi connectivity index (χ0n) is 8.42. The molecule has 0 aliphatic heterocycles. The van der Waals surface area contributed by atoms with Gasteiger partial charge < -0.3 is 4.74 Å². The standard InChI is InChI=1S/C11H16OS/c1-8-4-5-9(2)11(10(8)3)12-6-7-13/h4-5,13H,6-7H2,1-3H3. The van der Waals surface area contributed by atoms with Crippen molar-refractivity contribution in [2.45, 2.75) is 20.8 Å². The Labute approximate surface area is 85.5 Å². The fourth-order valence-corrected chi connectivity index (χ4v) is 1.39. The van der Waals surface area contributed by atoms with Crippen LogP contribution in [0.4, 0.5) is 0 Å². The molecule has 0 heterocycles. The molecular formula is C11H16OS. The molecule has 0 aliphatic rings. The van der Waals surface area contributed by atoms with Crippen molar-refractivity contribution in [2.24, 2.45) is 0 Å². The highest BCUT2D eigenvalue weighted by molar-refractivity contribution is 7.80. The second-order valence-corrected chi connectivity index (χ2v) is 3.67. The fourth-order valence-electron chi connectivity index (χ4n) is 1.30. The predicted octanol–water partition coefficient (Wildman–Crippen LogP) is 2.92. The summed E-state index contributed by atoms with van der Waals surface area (Å²) in [5, 5.41) is 0. The van der Waals surface area contributed by atoms with Gasteiger partial charge in [-0.2, -0.15) is 12.6 Å². The Bertz CT molecular complexity index is 294. The summed E-state index contributed by atoms with van der Waals surface area (Å²) in [5.74, 6) is 1.78. The summed E-state index contributed by atoms with van der Waals surface area (Å²) in [6, 6.07) is 4.22. The molecule has 0 aromatic heterocycles. The van der Waals surface area contributed by atoms with E-state index in [1.807, 2.05) is 0 Å². The van der Waals surface area contributed by atoms with E-state index in [4.69, 9.17) is 4.74 Å².